The molecule has 0 saturated carbocycles. The molecule has 0 heterocycles. The van der Waals surface area contributed by atoms with Crippen molar-refractivity contribution in [2.24, 2.45) is 0 Å². The van der Waals surface area contributed by atoms with E-state index in [1.165, 1.54) is 6.92 Å². The van der Waals surface area contributed by atoms with Gasteiger partial charge in [0.1, 0.15) is 0 Å². The number of hydrogen-bond donors (Lipinski definition) is 0. The van der Waals surface area contributed by atoms with Crippen LogP contribution in [0, 0.1) is 0 Å². The van der Waals surface area contributed by atoms with E-state index in [-0.39, 0.29) is 0 Å². The van der Waals surface area contributed by atoms with Crippen molar-refractivity contribution >= 4 is 0 Å². The normalized spacial score (nSPS) is 12.5. The highest BCUT2D eigenvalue weighted by Crippen LogP contribution is 1.15. The molecule has 0 spiro atoms. The number of rotatable bonds is 0. The van der Waals surface area contributed by atoms with E-state index in [1.807, 2.05) is 27.7 Å². The minimum absolute atomic E-state index is 1.19. The summed E-state index contributed by atoms with van der Waals surface area (Å²) in [5, 5.41) is 0. The van der Waals surface area contributed by atoms with E-state index in [1.54, 1.807) is 0 Å². The summed E-state index contributed by atoms with van der Waals surface area (Å²) in [5.41, 5.74) is 0. The highest BCUT2D eigenvalue weighted by molar-refractivity contribution is 3.51. The van der Waals surface area contributed by atoms with Crippen LogP contribution >= 0.6 is 0 Å². The van der Waals surface area contributed by atoms with Gasteiger partial charge in [-0.15, -0.1) is 0 Å². The summed E-state index contributed by atoms with van der Waals surface area (Å²) < 4.78 is 18.8. The Kier molecular flexibility index (Phi) is 0. The van der Waals surface area contributed by atoms with Crippen LogP contribution in [0.3, 0.4) is 0 Å². The molecule has 0 atom stereocenters. The van der Waals surface area contributed by atoms with E-state index in [4.69, 9.17) is 4.11 Å². The second-order valence-corrected chi connectivity index (χ2v) is 0. The first-order valence-electron chi connectivity index (χ1n) is 4.00. The monoisotopic (exact) mass is 93.2 g/mol. The maximum atomic E-state index is 6.27. The van der Waals surface area contributed by atoms with Gasteiger partial charge in [-0.3, -0.25) is 0 Å². The van der Waals surface area contributed by atoms with Crippen molar-refractivity contribution in [1.82, 2.24) is 0 Å². The first-order chi connectivity index (χ1) is 4.00. The van der Waals surface area contributed by atoms with Crippen molar-refractivity contribution in [2.75, 3.05) is 0 Å². The predicted molar refractivity (Wildman–Crippen MR) is 34.0 cm³/mol. The standard InChI is InChI=1S/3C2H6/c3*1-2/h3*1-2H3/i1D3;;. The molecule has 0 aromatic heterocycles. The van der Waals surface area contributed by atoms with Gasteiger partial charge in [0, 0.05) is 4.11 Å². The van der Waals surface area contributed by atoms with Gasteiger partial charge in [0.2, 0.25) is 0 Å². The van der Waals surface area contributed by atoms with Crippen molar-refractivity contribution in [3.05, 3.63) is 0 Å². The summed E-state index contributed by atoms with van der Waals surface area (Å²) in [7, 11) is 0. The second-order valence-electron chi connectivity index (χ2n) is 0. The fourth-order valence-corrected chi connectivity index (χ4v) is 0. The summed E-state index contributed by atoms with van der Waals surface area (Å²) >= 11 is 0. The molecular formula is C6H18. The molecule has 0 N–H and O–H groups in total. The third-order valence-electron chi connectivity index (χ3n) is 0. The highest BCUT2D eigenvalue weighted by atomic mass is 13.0. The van der Waals surface area contributed by atoms with Gasteiger partial charge in [-0.25, -0.2) is 0 Å². The zero-order chi connectivity index (χ0) is 8.50. The Morgan fingerprint density at radius 2 is 0.833 bits per heavy atom. The Labute approximate surface area is 46.8 Å². The van der Waals surface area contributed by atoms with E-state index >= 15 is 0 Å². The summed E-state index contributed by atoms with van der Waals surface area (Å²) in [6, 6.07) is 0. The van der Waals surface area contributed by atoms with Gasteiger partial charge in [0.05, 0.1) is 0 Å². The molecule has 0 nitrogen and oxygen atoms in total. The highest BCUT2D eigenvalue weighted by Gasteiger charge is 0.936. The topological polar surface area (TPSA) is 0 Å². The maximum Gasteiger partial charge on any atom is 0.0228 e. The van der Waals surface area contributed by atoms with Crippen LogP contribution in [0.4, 0.5) is 0 Å². The SMILES string of the molecule is CC.CC.[2H]C([2H])([2H])C. The maximum absolute atomic E-state index is 6.27. The van der Waals surface area contributed by atoms with Crippen LogP contribution in [-0.2, 0) is 0 Å². The molecule has 0 rings (SSSR count). The molecule has 6 heavy (non-hydrogen) atoms. The van der Waals surface area contributed by atoms with Gasteiger partial charge in [-0.2, -0.15) is 0 Å². The van der Waals surface area contributed by atoms with Crippen LogP contribution < -0.4 is 0 Å². The Morgan fingerprint density at radius 3 is 0.833 bits per heavy atom. The van der Waals surface area contributed by atoms with Crippen LogP contribution in [0.25, 0.3) is 0 Å². The Bertz CT molecular complexity index is 23.8. The first kappa shape index (κ1) is 4.17. The van der Waals surface area contributed by atoms with Crippen LogP contribution in [-0.4, -0.2) is 0 Å². The average molecular weight is 93.2 g/mol. The fraction of sp³-hybridized carbons (Fsp3) is 1.00. The largest absolute Gasteiger partial charge is 0.0683 e. The Hall–Kier alpha value is 0. The smallest absolute Gasteiger partial charge is 0.0228 e. The molecule has 0 aliphatic rings. The van der Waals surface area contributed by atoms with Crippen LogP contribution in [0.2, 0.25) is 0 Å². The van der Waals surface area contributed by atoms with Crippen LogP contribution in [0.15, 0.2) is 0 Å². The fourth-order valence-electron chi connectivity index (χ4n) is 0. The molecule has 42 valence electrons. The lowest BCUT2D eigenvalue weighted by atomic mass is 11.0. The lowest BCUT2D eigenvalue weighted by Gasteiger charge is -1.07. The zero-order valence-corrected chi connectivity index (χ0v) is 5.50. The van der Waals surface area contributed by atoms with Gasteiger partial charge in [-0.05, 0) is 0 Å². The van der Waals surface area contributed by atoms with Gasteiger partial charge in [0.25, 0.3) is 0 Å². The number of hydrogen-bond acceptors (Lipinski definition) is 0. The molecule has 0 amide bonds. The van der Waals surface area contributed by atoms with Gasteiger partial charge < -0.3 is 0 Å². The molecule has 0 bridgehead atoms. The van der Waals surface area contributed by atoms with Crippen molar-refractivity contribution in [3.63, 3.8) is 0 Å². The van der Waals surface area contributed by atoms with Crippen molar-refractivity contribution in [3.8, 4) is 0 Å². The average Bonchev–Trinajstić information content (AvgIpc) is 1.72. The molecule has 0 saturated heterocycles. The molecular weight excluding hydrogens is 72.1 g/mol. The molecule has 0 aromatic carbocycles. The molecule has 0 heteroatoms. The van der Waals surface area contributed by atoms with E-state index in [0.717, 1.165) is 0 Å². The summed E-state index contributed by atoms with van der Waals surface area (Å²) in [6.07, 6.45) is 0. The third-order valence-corrected chi connectivity index (χ3v) is 0. The summed E-state index contributed by atoms with van der Waals surface area (Å²) in [4.78, 5) is 0. The van der Waals surface area contributed by atoms with Gasteiger partial charge in [-0.1, -0.05) is 41.5 Å². The lowest BCUT2D eigenvalue weighted by molar-refractivity contribution is 1.50. The van der Waals surface area contributed by atoms with E-state index in [0.29, 0.717) is 0 Å². The quantitative estimate of drug-likeness (QED) is 0.431. The molecule has 0 aliphatic carbocycles. The lowest BCUT2D eigenvalue weighted by Crippen LogP contribution is -0.856. The summed E-state index contributed by atoms with van der Waals surface area (Å²) in [5.74, 6) is 0. The molecule has 0 radical (unpaired) electrons. The third kappa shape index (κ3) is 0. The molecule has 0 fully saturated rings. The van der Waals surface area contributed by atoms with Gasteiger partial charge in [0.15, 0.2) is 0 Å². The van der Waals surface area contributed by atoms with Crippen LogP contribution in [0.5, 0.6) is 0 Å². The van der Waals surface area contributed by atoms with Crippen molar-refractivity contribution in [1.29, 1.82) is 0 Å². The van der Waals surface area contributed by atoms with Gasteiger partial charge >= 0.3 is 0 Å². The Morgan fingerprint density at radius 1 is 0.833 bits per heavy atom. The predicted octanol–water partition coefficient (Wildman–Crippen LogP) is 3.08. The van der Waals surface area contributed by atoms with E-state index in [2.05, 4.69) is 0 Å². The molecule has 0 unspecified atom stereocenters. The Balaban J connectivity index is -0.0000000771. The van der Waals surface area contributed by atoms with Crippen molar-refractivity contribution in [2.45, 2.75) is 41.5 Å². The van der Waals surface area contributed by atoms with Crippen molar-refractivity contribution < 1.29 is 4.11 Å². The molecule has 0 aliphatic heterocycles. The van der Waals surface area contributed by atoms with E-state index in [9.17, 15) is 0 Å². The second kappa shape index (κ2) is 0. The molecule has 0 aromatic rings. The van der Waals surface area contributed by atoms with Crippen LogP contribution in [0.1, 0.15) is 45.6 Å². The van der Waals surface area contributed by atoms with E-state index < -0.39 is 6.85 Å². The summed E-state index contributed by atoms with van der Waals surface area (Å²) in [6.45, 7) is 7.44. The first-order valence-corrected chi connectivity index (χ1v) is 2.50. The minimum Gasteiger partial charge on any atom is -0.0683 e. The zero-order valence-electron chi connectivity index (χ0n) is 8.50. The minimum atomic E-state index is -1.75.